The van der Waals surface area contributed by atoms with Gasteiger partial charge in [-0.05, 0) is 53.6 Å². The molecule has 3 aromatic carbocycles. The smallest absolute Gasteiger partial charge is 0.354 e. The Morgan fingerprint density at radius 1 is 1.05 bits per heavy atom. The number of hydrogen-bond acceptors (Lipinski definition) is 7. The Bertz CT molecular complexity index is 1690. The van der Waals surface area contributed by atoms with Gasteiger partial charge in [0.25, 0.3) is 0 Å². The van der Waals surface area contributed by atoms with Crippen LogP contribution in [-0.4, -0.2) is 32.9 Å². The lowest BCUT2D eigenvalue weighted by Gasteiger charge is -2.15. The van der Waals surface area contributed by atoms with Crippen molar-refractivity contribution in [3.63, 3.8) is 0 Å². The zero-order chi connectivity index (χ0) is 25.8. The van der Waals surface area contributed by atoms with E-state index in [1.54, 1.807) is 43.7 Å². The Labute approximate surface area is 212 Å². The van der Waals surface area contributed by atoms with Crippen LogP contribution in [0.25, 0.3) is 21.7 Å². The third-order valence-electron chi connectivity index (χ3n) is 5.86. The number of nitrogens with zero attached hydrogens (tertiary/aromatic N) is 5. The third kappa shape index (κ3) is 4.81. The standard InChI is InChI=1S/C28H22N6O3/c1-2-36-27(35)25-14-19-8-9-20(26(30)33-17-29)15-24(19)34(25)16-21-13-22(37-28-31-10-5-11-32-28)12-18-6-3-4-7-23(18)21/h3-15H,2,16H2,1H3,(H2,30,33). The fraction of sp³-hybridized carbons (Fsp3) is 0.107. The van der Waals surface area contributed by atoms with Crippen LogP contribution in [0.4, 0.5) is 0 Å². The van der Waals surface area contributed by atoms with Crippen molar-refractivity contribution >= 4 is 33.5 Å². The molecule has 182 valence electrons. The van der Waals surface area contributed by atoms with E-state index in [9.17, 15) is 4.79 Å². The van der Waals surface area contributed by atoms with E-state index in [4.69, 9.17) is 20.5 Å². The average molecular weight is 491 g/mol. The van der Waals surface area contributed by atoms with Crippen molar-refractivity contribution in [1.29, 1.82) is 5.26 Å². The lowest BCUT2D eigenvalue weighted by molar-refractivity contribution is 0.0515. The topological polar surface area (TPSA) is 128 Å². The molecule has 0 bridgehead atoms. The molecule has 0 atom stereocenters. The van der Waals surface area contributed by atoms with Gasteiger partial charge in [0.05, 0.1) is 6.61 Å². The number of amidine groups is 1. The highest BCUT2D eigenvalue weighted by atomic mass is 16.5. The number of esters is 1. The second-order valence-electron chi connectivity index (χ2n) is 8.14. The van der Waals surface area contributed by atoms with E-state index in [2.05, 4.69) is 15.0 Å². The molecule has 9 heteroatoms. The SMILES string of the molecule is CCOC(=O)c1cc2ccc(/C(N)=N/C#N)cc2n1Cc1cc(Oc2ncccn2)cc2ccccc12. The van der Waals surface area contributed by atoms with Crippen molar-refractivity contribution in [3.05, 3.63) is 95.9 Å². The summed E-state index contributed by atoms with van der Waals surface area (Å²) in [5.41, 5.74) is 8.61. The predicted molar refractivity (Wildman–Crippen MR) is 139 cm³/mol. The molecule has 0 spiro atoms. The van der Waals surface area contributed by atoms with Crippen LogP contribution in [0.5, 0.6) is 11.8 Å². The number of carbonyl (C=O) groups is 1. The Morgan fingerprint density at radius 3 is 2.65 bits per heavy atom. The molecule has 2 aromatic heterocycles. The number of aromatic nitrogens is 3. The minimum atomic E-state index is -0.437. The molecular weight excluding hydrogens is 468 g/mol. The Balaban J connectivity index is 1.67. The highest BCUT2D eigenvalue weighted by Crippen LogP contribution is 2.31. The van der Waals surface area contributed by atoms with Crippen LogP contribution in [0, 0.1) is 11.5 Å². The Kier molecular flexibility index (Phi) is 6.46. The lowest BCUT2D eigenvalue weighted by atomic mass is 10.0. The van der Waals surface area contributed by atoms with Gasteiger partial charge in [-0.15, -0.1) is 0 Å². The van der Waals surface area contributed by atoms with E-state index in [1.807, 2.05) is 53.1 Å². The van der Waals surface area contributed by atoms with Crippen molar-refractivity contribution in [3.8, 4) is 18.0 Å². The predicted octanol–water partition coefficient (Wildman–Crippen LogP) is 4.79. The third-order valence-corrected chi connectivity index (χ3v) is 5.86. The molecule has 37 heavy (non-hydrogen) atoms. The van der Waals surface area contributed by atoms with Crippen LogP contribution in [0.15, 0.2) is 84.1 Å². The average Bonchev–Trinajstić information content (AvgIpc) is 3.27. The monoisotopic (exact) mass is 490 g/mol. The maximum absolute atomic E-state index is 12.9. The number of hydrogen-bond donors (Lipinski definition) is 1. The zero-order valence-electron chi connectivity index (χ0n) is 20.0. The van der Waals surface area contributed by atoms with Crippen LogP contribution >= 0.6 is 0 Å². The van der Waals surface area contributed by atoms with Gasteiger partial charge in [-0.1, -0.05) is 36.4 Å². The lowest BCUT2D eigenvalue weighted by Crippen LogP contribution is -2.14. The van der Waals surface area contributed by atoms with Crippen LogP contribution < -0.4 is 10.5 Å². The van der Waals surface area contributed by atoms with Gasteiger partial charge in [0.2, 0.25) is 6.19 Å². The van der Waals surface area contributed by atoms with Crippen molar-refractivity contribution in [2.75, 3.05) is 6.61 Å². The van der Waals surface area contributed by atoms with Gasteiger partial charge in [0, 0.05) is 35.4 Å². The van der Waals surface area contributed by atoms with Gasteiger partial charge in [0.15, 0.2) is 0 Å². The van der Waals surface area contributed by atoms with Gasteiger partial charge in [-0.25, -0.2) is 14.8 Å². The molecule has 9 nitrogen and oxygen atoms in total. The number of fused-ring (bicyclic) bond motifs is 2. The molecule has 0 saturated carbocycles. The second-order valence-corrected chi connectivity index (χ2v) is 8.14. The summed E-state index contributed by atoms with van der Waals surface area (Å²) in [6.45, 7) is 2.35. The van der Waals surface area contributed by atoms with E-state index in [0.717, 1.165) is 27.2 Å². The summed E-state index contributed by atoms with van der Waals surface area (Å²) in [4.78, 5) is 24.9. The first-order chi connectivity index (χ1) is 18.1. The summed E-state index contributed by atoms with van der Waals surface area (Å²) in [6.07, 6.45) is 4.94. The first-order valence-electron chi connectivity index (χ1n) is 11.6. The van der Waals surface area contributed by atoms with E-state index < -0.39 is 5.97 Å². The van der Waals surface area contributed by atoms with Gasteiger partial charge in [-0.3, -0.25) is 0 Å². The fourth-order valence-corrected chi connectivity index (χ4v) is 4.24. The number of carbonyl (C=O) groups excluding carboxylic acids is 1. The zero-order valence-corrected chi connectivity index (χ0v) is 20.0. The summed E-state index contributed by atoms with van der Waals surface area (Å²) in [7, 11) is 0. The molecule has 0 saturated heterocycles. The molecule has 5 rings (SSSR count). The van der Waals surface area contributed by atoms with E-state index in [1.165, 1.54) is 0 Å². The van der Waals surface area contributed by atoms with E-state index >= 15 is 0 Å². The molecule has 0 aliphatic carbocycles. The number of benzene rings is 3. The molecule has 2 heterocycles. The molecule has 2 N–H and O–H groups in total. The summed E-state index contributed by atoms with van der Waals surface area (Å²) >= 11 is 0. The van der Waals surface area contributed by atoms with Crippen LogP contribution in [0.3, 0.4) is 0 Å². The molecular formula is C28H22N6O3. The van der Waals surface area contributed by atoms with Gasteiger partial charge >= 0.3 is 12.0 Å². The minimum Gasteiger partial charge on any atom is -0.461 e. The van der Waals surface area contributed by atoms with Gasteiger partial charge < -0.3 is 19.8 Å². The summed E-state index contributed by atoms with van der Waals surface area (Å²) in [5.74, 6) is 0.229. The summed E-state index contributed by atoms with van der Waals surface area (Å²) in [6, 6.07) is 20.9. The van der Waals surface area contributed by atoms with E-state index in [0.29, 0.717) is 23.6 Å². The van der Waals surface area contributed by atoms with Crippen molar-refractivity contribution in [1.82, 2.24) is 14.5 Å². The first kappa shape index (κ1) is 23.5. The molecule has 0 fully saturated rings. The number of aliphatic imine (C=N–C) groups is 1. The van der Waals surface area contributed by atoms with Crippen LogP contribution in [0.1, 0.15) is 28.5 Å². The maximum Gasteiger partial charge on any atom is 0.354 e. The molecule has 0 amide bonds. The maximum atomic E-state index is 12.9. The van der Waals surface area contributed by atoms with E-state index in [-0.39, 0.29) is 18.5 Å². The highest BCUT2D eigenvalue weighted by molar-refractivity contribution is 6.03. The van der Waals surface area contributed by atoms with Crippen LogP contribution in [0.2, 0.25) is 0 Å². The molecule has 0 aliphatic heterocycles. The van der Waals surface area contributed by atoms with Crippen molar-refractivity contribution < 1.29 is 14.3 Å². The number of nitrogens with two attached hydrogens (primary N) is 1. The quantitative estimate of drug-likeness (QED) is 0.150. The molecule has 0 unspecified atom stereocenters. The van der Waals surface area contributed by atoms with Crippen molar-refractivity contribution in [2.45, 2.75) is 13.5 Å². The van der Waals surface area contributed by atoms with Crippen molar-refractivity contribution in [2.24, 2.45) is 10.7 Å². The fourth-order valence-electron chi connectivity index (χ4n) is 4.24. The van der Waals surface area contributed by atoms with Gasteiger partial charge in [0.1, 0.15) is 17.3 Å². The van der Waals surface area contributed by atoms with Crippen LogP contribution in [-0.2, 0) is 11.3 Å². The molecule has 5 aromatic rings. The number of ether oxygens (including phenoxy) is 2. The number of nitriles is 1. The second kappa shape index (κ2) is 10.2. The summed E-state index contributed by atoms with van der Waals surface area (Å²) in [5, 5.41) is 11.7. The largest absolute Gasteiger partial charge is 0.461 e. The first-order valence-corrected chi connectivity index (χ1v) is 11.6. The molecule has 0 aliphatic rings. The normalized spacial score (nSPS) is 11.4. The van der Waals surface area contributed by atoms with Gasteiger partial charge in [-0.2, -0.15) is 10.3 Å². The molecule has 0 radical (unpaired) electrons. The minimum absolute atomic E-state index is 0.0959. The summed E-state index contributed by atoms with van der Waals surface area (Å²) < 4.78 is 13.2. The highest BCUT2D eigenvalue weighted by Gasteiger charge is 2.19. The number of rotatable bonds is 7. The Morgan fingerprint density at radius 2 is 1.86 bits per heavy atom. The Hall–Kier alpha value is -5.23.